The molecule has 88 valence electrons. The summed E-state index contributed by atoms with van der Waals surface area (Å²) in [4.78, 5) is 4.24. The zero-order chi connectivity index (χ0) is 12.1. The molecule has 0 aliphatic rings. The van der Waals surface area contributed by atoms with E-state index < -0.39 is 0 Å². The van der Waals surface area contributed by atoms with Crippen molar-refractivity contribution in [2.45, 2.75) is 13.3 Å². The second-order valence-corrected chi connectivity index (χ2v) is 3.96. The Bertz CT molecular complexity index is 463. The SMILES string of the molecule is Cc1ccc(Oc2ccc(CCN)cn2)cc1. The molecule has 0 amide bonds. The van der Waals surface area contributed by atoms with Crippen LogP contribution >= 0.6 is 0 Å². The highest BCUT2D eigenvalue weighted by atomic mass is 16.5. The molecule has 3 heteroatoms. The molecule has 2 N–H and O–H groups in total. The maximum Gasteiger partial charge on any atom is 0.219 e. The summed E-state index contributed by atoms with van der Waals surface area (Å²) < 4.78 is 5.62. The van der Waals surface area contributed by atoms with Crippen molar-refractivity contribution in [2.75, 3.05) is 6.54 Å². The number of hydrogen-bond donors (Lipinski definition) is 1. The first-order valence-corrected chi connectivity index (χ1v) is 5.67. The Morgan fingerprint density at radius 2 is 1.88 bits per heavy atom. The monoisotopic (exact) mass is 228 g/mol. The highest BCUT2D eigenvalue weighted by molar-refractivity contribution is 5.30. The maximum absolute atomic E-state index is 5.62. The van der Waals surface area contributed by atoms with Gasteiger partial charge >= 0.3 is 0 Å². The molecule has 0 aliphatic heterocycles. The molecule has 3 nitrogen and oxygen atoms in total. The van der Waals surface area contributed by atoms with Gasteiger partial charge in [0.2, 0.25) is 5.88 Å². The van der Waals surface area contributed by atoms with E-state index in [2.05, 4.69) is 4.98 Å². The lowest BCUT2D eigenvalue weighted by Crippen LogP contribution is -2.02. The van der Waals surface area contributed by atoms with Gasteiger partial charge < -0.3 is 10.5 Å². The minimum absolute atomic E-state index is 0.606. The summed E-state index contributed by atoms with van der Waals surface area (Å²) in [7, 11) is 0. The summed E-state index contributed by atoms with van der Waals surface area (Å²) in [5.41, 5.74) is 7.82. The van der Waals surface area contributed by atoms with Gasteiger partial charge in [0, 0.05) is 12.3 Å². The van der Waals surface area contributed by atoms with Crippen LogP contribution in [0.2, 0.25) is 0 Å². The van der Waals surface area contributed by atoms with Gasteiger partial charge in [0.25, 0.3) is 0 Å². The van der Waals surface area contributed by atoms with Crippen LogP contribution in [-0.2, 0) is 6.42 Å². The number of nitrogens with zero attached hydrogens (tertiary/aromatic N) is 1. The summed E-state index contributed by atoms with van der Waals surface area (Å²) in [6, 6.07) is 11.8. The first kappa shape index (κ1) is 11.6. The molecule has 2 rings (SSSR count). The molecule has 0 aliphatic carbocycles. The number of hydrogen-bond acceptors (Lipinski definition) is 3. The molecule has 0 radical (unpaired) electrons. The van der Waals surface area contributed by atoms with Gasteiger partial charge in [-0.25, -0.2) is 4.98 Å². The predicted octanol–water partition coefficient (Wildman–Crippen LogP) is 2.68. The number of nitrogens with two attached hydrogens (primary N) is 1. The van der Waals surface area contributed by atoms with E-state index in [9.17, 15) is 0 Å². The van der Waals surface area contributed by atoms with Gasteiger partial charge in [-0.15, -0.1) is 0 Å². The molecular formula is C14H16N2O. The second-order valence-electron chi connectivity index (χ2n) is 3.96. The Hall–Kier alpha value is -1.87. The van der Waals surface area contributed by atoms with Crippen LogP contribution in [0.5, 0.6) is 11.6 Å². The lowest BCUT2D eigenvalue weighted by atomic mass is 10.2. The number of ether oxygens (including phenoxy) is 1. The van der Waals surface area contributed by atoms with Crippen molar-refractivity contribution in [1.29, 1.82) is 0 Å². The highest BCUT2D eigenvalue weighted by Gasteiger charge is 1.98. The van der Waals surface area contributed by atoms with Gasteiger partial charge in [-0.1, -0.05) is 23.8 Å². The van der Waals surface area contributed by atoms with Crippen LogP contribution in [0.3, 0.4) is 0 Å². The number of benzene rings is 1. The summed E-state index contributed by atoms with van der Waals surface area (Å²) in [6.07, 6.45) is 2.65. The molecule has 2 aromatic rings. The van der Waals surface area contributed by atoms with E-state index in [0.717, 1.165) is 17.7 Å². The van der Waals surface area contributed by atoms with Gasteiger partial charge in [0.05, 0.1) is 0 Å². The zero-order valence-electron chi connectivity index (χ0n) is 9.89. The molecule has 0 bridgehead atoms. The minimum Gasteiger partial charge on any atom is -0.439 e. The number of pyridine rings is 1. The van der Waals surface area contributed by atoms with E-state index in [4.69, 9.17) is 10.5 Å². The van der Waals surface area contributed by atoms with Crippen molar-refractivity contribution >= 4 is 0 Å². The molecule has 0 atom stereocenters. The average molecular weight is 228 g/mol. The summed E-state index contributed by atoms with van der Waals surface area (Å²) in [6.45, 7) is 2.68. The van der Waals surface area contributed by atoms with Crippen molar-refractivity contribution in [1.82, 2.24) is 4.98 Å². The third-order valence-corrected chi connectivity index (χ3v) is 2.47. The Balaban J connectivity index is 2.05. The third-order valence-electron chi connectivity index (χ3n) is 2.47. The standard InChI is InChI=1S/C14H16N2O/c1-11-2-5-13(6-3-11)17-14-7-4-12(8-9-15)10-16-14/h2-7,10H,8-9,15H2,1H3. The van der Waals surface area contributed by atoms with Crippen molar-refractivity contribution in [3.8, 4) is 11.6 Å². The average Bonchev–Trinajstić information content (AvgIpc) is 2.35. The topological polar surface area (TPSA) is 48.1 Å². The molecule has 1 heterocycles. The third kappa shape index (κ3) is 3.29. The first-order chi connectivity index (χ1) is 8.28. The largest absolute Gasteiger partial charge is 0.439 e. The molecule has 0 spiro atoms. The molecular weight excluding hydrogens is 212 g/mol. The van der Waals surface area contributed by atoms with Crippen LogP contribution in [0.1, 0.15) is 11.1 Å². The van der Waals surface area contributed by atoms with Crippen LogP contribution in [0.15, 0.2) is 42.6 Å². The Kier molecular flexibility index (Phi) is 3.73. The molecule has 1 aromatic heterocycles. The summed E-state index contributed by atoms with van der Waals surface area (Å²) in [5, 5.41) is 0. The summed E-state index contributed by atoms with van der Waals surface area (Å²) in [5.74, 6) is 1.41. The molecule has 0 fully saturated rings. The van der Waals surface area contributed by atoms with Gasteiger partial charge in [0.1, 0.15) is 5.75 Å². The van der Waals surface area contributed by atoms with Crippen LogP contribution in [0.25, 0.3) is 0 Å². The van der Waals surface area contributed by atoms with Gasteiger partial charge in [-0.3, -0.25) is 0 Å². The van der Waals surface area contributed by atoms with Crippen molar-refractivity contribution in [2.24, 2.45) is 5.73 Å². The smallest absolute Gasteiger partial charge is 0.219 e. The fraction of sp³-hybridized carbons (Fsp3) is 0.214. The Morgan fingerprint density at radius 1 is 1.12 bits per heavy atom. The second kappa shape index (κ2) is 5.46. The van der Waals surface area contributed by atoms with Gasteiger partial charge in [0.15, 0.2) is 0 Å². The van der Waals surface area contributed by atoms with Crippen LogP contribution in [0.4, 0.5) is 0 Å². The lowest BCUT2D eigenvalue weighted by Gasteiger charge is -2.05. The summed E-state index contributed by atoms with van der Waals surface area (Å²) >= 11 is 0. The van der Waals surface area contributed by atoms with Crippen molar-refractivity contribution < 1.29 is 4.74 Å². The fourth-order valence-electron chi connectivity index (χ4n) is 1.51. The van der Waals surface area contributed by atoms with Crippen LogP contribution in [-0.4, -0.2) is 11.5 Å². The fourth-order valence-corrected chi connectivity index (χ4v) is 1.51. The van der Waals surface area contributed by atoms with E-state index in [1.165, 1.54) is 5.56 Å². The van der Waals surface area contributed by atoms with E-state index in [1.807, 2.05) is 43.3 Å². The highest BCUT2D eigenvalue weighted by Crippen LogP contribution is 2.19. The quantitative estimate of drug-likeness (QED) is 0.875. The van der Waals surface area contributed by atoms with Crippen LogP contribution < -0.4 is 10.5 Å². The maximum atomic E-state index is 5.62. The normalized spacial score (nSPS) is 10.2. The van der Waals surface area contributed by atoms with Crippen molar-refractivity contribution in [3.63, 3.8) is 0 Å². The van der Waals surface area contributed by atoms with Gasteiger partial charge in [-0.2, -0.15) is 0 Å². The van der Waals surface area contributed by atoms with E-state index in [0.29, 0.717) is 12.4 Å². The molecule has 0 saturated heterocycles. The number of rotatable bonds is 4. The Morgan fingerprint density at radius 3 is 2.47 bits per heavy atom. The van der Waals surface area contributed by atoms with E-state index in [1.54, 1.807) is 6.20 Å². The van der Waals surface area contributed by atoms with Crippen LogP contribution in [0, 0.1) is 6.92 Å². The first-order valence-electron chi connectivity index (χ1n) is 5.67. The Labute approximate surface area is 101 Å². The molecule has 1 aromatic carbocycles. The molecule has 0 unspecified atom stereocenters. The van der Waals surface area contributed by atoms with E-state index in [-0.39, 0.29) is 0 Å². The molecule has 17 heavy (non-hydrogen) atoms. The number of aromatic nitrogens is 1. The minimum atomic E-state index is 0.606. The van der Waals surface area contributed by atoms with E-state index >= 15 is 0 Å². The number of aryl methyl sites for hydroxylation is 1. The predicted molar refractivity (Wildman–Crippen MR) is 68.2 cm³/mol. The molecule has 0 saturated carbocycles. The van der Waals surface area contributed by atoms with Crippen molar-refractivity contribution in [3.05, 3.63) is 53.7 Å². The lowest BCUT2D eigenvalue weighted by molar-refractivity contribution is 0.462. The zero-order valence-corrected chi connectivity index (χ0v) is 9.89. The van der Waals surface area contributed by atoms with Gasteiger partial charge in [-0.05, 0) is 37.6 Å².